The molecule has 3 heteroatoms. The number of halogens is 1. The summed E-state index contributed by atoms with van der Waals surface area (Å²) in [7, 11) is 0. The maximum Gasteiger partial charge on any atom is 0.231 e. The largest absolute Gasteiger partial charge is 0.309 e. The number of carbonyl (C=O) groups is 1. The molecule has 1 aliphatic heterocycles. The standard InChI is InChI=1S/C12H14FNO/c1-7(2)14-11(15)6-9-4-5-10(13)8(3)12(9)14/h4-5,7H,6H2,1-3H3. The average Bonchev–Trinajstić information content (AvgIpc) is 2.49. The predicted molar refractivity (Wildman–Crippen MR) is 57.5 cm³/mol. The van der Waals surface area contributed by atoms with E-state index in [0.29, 0.717) is 12.0 Å². The highest BCUT2D eigenvalue weighted by molar-refractivity contribution is 6.02. The van der Waals surface area contributed by atoms with Crippen LogP contribution in [0.25, 0.3) is 0 Å². The Morgan fingerprint density at radius 3 is 2.67 bits per heavy atom. The third kappa shape index (κ3) is 1.42. The fourth-order valence-electron chi connectivity index (χ4n) is 2.13. The summed E-state index contributed by atoms with van der Waals surface area (Å²) < 4.78 is 13.4. The van der Waals surface area contributed by atoms with Crippen LogP contribution in [0.2, 0.25) is 0 Å². The van der Waals surface area contributed by atoms with Gasteiger partial charge in [-0.3, -0.25) is 4.79 Å². The Balaban J connectivity index is 2.60. The second-order valence-corrected chi connectivity index (χ2v) is 4.21. The molecular weight excluding hydrogens is 193 g/mol. The van der Waals surface area contributed by atoms with Crippen molar-refractivity contribution in [1.82, 2.24) is 0 Å². The van der Waals surface area contributed by atoms with Gasteiger partial charge in [-0.2, -0.15) is 0 Å². The molecule has 1 aromatic rings. The van der Waals surface area contributed by atoms with E-state index in [9.17, 15) is 9.18 Å². The second kappa shape index (κ2) is 3.33. The molecule has 80 valence electrons. The van der Waals surface area contributed by atoms with Crippen molar-refractivity contribution in [2.75, 3.05) is 4.90 Å². The van der Waals surface area contributed by atoms with Crippen LogP contribution in [0.15, 0.2) is 12.1 Å². The molecule has 0 unspecified atom stereocenters. The number of carbonyl (C=O) groups excluding carboxylic acids is 1. The van der Waals surface area contributed by atoms with Crippen LogP contribution >= 0.6 is 0 Å². The number of hydrogen-bond donors (Lipinski definition) is 0. The summed E-state index contributed by atoms with van der Waals surface area (Å²) in [6.07, 6.45) is 0.397. The maximum atomic E-state index is 13.4. The monoisotopic (exact) mass is 207 g/mol. The molecule has 1 amide bonds. The van der Waals surface area contributed by atoms with Crippen LogP contribution < -0.4 is 4.90 Å². The molecule has 0 saturated carbocycles. The second-order valence-electron chi connectivity index (χ2n) is 4.21. The van der Waals surface area contributed by atoms with Gasteiger partial charge in [0.25, 0.3) is 0 Å². The molecule has 15 heavy (non-hydrogen) atoms. The summed E-state index contributed by atoms with van der Waals surface area (Å²) in [6, 6.07) is 3.22. The maximum absolute atomic E-state index is 13.4. The van der Waals surface area contributed by atoms with Gasteiger partial charge >= 0.3 is 0 Å². The summed E-state index contributed by atoms with van der Waals surface area (Å²) in [5.74, 6) is -0.178. The van der Waals surface area contributed by atoms with E-state index in [0.717, 1.165) is 11.3 Å². The molecule has 0 spiro atoms. The molecule has 0 atom stereocenters. The van der Waals surface area contributed by atoms with Gasteiger partial charge in [-0.05, 0) is 32.4 Å². The van der Waals surface area contributed by atoms with Crippen LogP contribution in [0.4, 0.5) is 10.1 Å². The molecule has 0 fully saturated rings. The van der Waals surface area contributed by atoms with Gasteiger partial charge < -0.3 is 4.90 Å². The van der Waals surface area contributed by atoms with Crippen molar-refractivity contribution in [3.8, 4) is 0 Å². The van der Waals surface area contributed by atoms with E-state index in [1.807, 2.05) is 13.8 Å². The predicted octanol–water partition coefficient (Wildman–Crippen LogP) is 2.43. The molecule has 1 aromatic carbocycles. The Hall–Kier alpha value is -1.38. The molecule has 0 aromatic heterocycles. The van der Waals surface area contributed by atoms with E-state index in [1.165, 1.54) is 6.07 Å². The van der Waals surface area contributed by atoms with Gasteiger partial charge in [-0.1, -0.05) is 6.07 Å². The van der Waals surface area contributed by atoms with E-state index in [1.54, 1.807) is 17.9 Å². The number of rotatable bonds is 1. The minimum Gasteiger partial charge on any atom is -0.309 e. The lowest BCUT2D eigenvalue weighted by Crippen LogP contribution is -2.34. The Kier molecular flexibility index (Phi) is 2.25. The minimum absolute atomic E-state index is 0.0636. The van der Waals surface area contributed by atoms with Gasteiger partial charge in [0.05, 0.1) is 12.1 Å². The molecule has 2 rings (SSSR count). The number of nitrogens with zero attached hydrogens (tertiary/aromatic N) is 1. The Morgan fingerprint density at radius 1 is 1.40 bits per heavy atom. The highest BCUT2D eigenvalue weighted by Gasteiger charge is 2.31. The van der Waals surface area contributed by atoms with E-state index in [4.69, 9.17) is 0 Å². The van der Waals surface area contributed by atoms with Crippen LogP contribution in [0.3, 0.4) is 0 Å². The summed E-state index contributed by atoms with van der Waals surface area (Å²) >= 11 is 0. The number of benzene rings is 1. The zero-order valence-corrected chi connectivity index (χ0v) is 9.17. The molecular formula is C12H14FNO. The topological polar surface area (TPSA) is 20.3 Å². The average molecular weight is 207 g/mol. The first kappa shape index (κ1) is 10.1. The van der Waals surface area contributed by atoms with E-state index in [-0.39, 0.29) is 17.8 Å². The first-order chi connectivity index (χ1) is 7.02. The van der Waals surface area contributed by atoms with Gasteiger partial charge in [0, 0.05) is 11.6 Å². The highest BCUT2D eigenvalue weighted by Crippen LogP contribution is 2.34. The van der Waals surface area contributed by atoms with Crippen molar-refractivity contribution in [3.63, 3.8) is 0 Å². The molecule has 0 bridgehead atoms. The quantitative estimate of drug-likeness (QED) is 0.692. The first-order valence-corrected chi connectivity index (χ1v) is 5.12. The molecule has 2 nitrogen and oxygen atoms in total. The van der Waals surface area contributed by atoms with Crippen LogP contribution in [-0.2, 0) is 11.2 Å². The zero-order chi connectivity index (χ0) is 11.2. The van der Waals surface area contributed by atoms with Gasteiger partial charge in [0.15, 0.2) is 0 Å². The third-order valence-electron chi connectivity index (χ3n) is 2.82. The zero-order valence-electron chi connectivity index (χ0n) is 9.17. The summed E-state index contributed by atoms with van der Waals surface area (Å²) in [4.78, 5) is 13.4. The lowest BCUT2D eigenvalue weighted by atomic mass is 10.1. The molecule has 0 N–H and O–H groups in total. The van der Waals surface area contributed by atoms with E-state index in [2.05, 4.69) is 0 Å². The van der Waals surface area contributed by atoms with Crippen molar-refractivity contribution < 1.29 is 9.18 Å². The fraction of sp³-hybridized carbons (Fsp3) is 0.417. The fourth-order valence-corrected chi connectivity index (χ4v) is 2.13. The van der Waals surface area contributed by atoms with Crippen molar-refractivity contribution in [2.24, 2.45) is 0 Å². The Bertz CT molecular complexity index is 426. The van der Waals surface area contributed by atoms with Crippen LogP contribution in [0, 0.1) is 12.7 Å². The summed E-state index contributed by atoms with van der Waals surface area (Å²) in [5, 5.41) is 0. The molecule has 0 saturated heterocycles. The lowest BCUT2D eigenvalue weighted by Gasteiger charge is -2.23. The van der Waals surface area contributed by atoms with Crippen molar-refractivity contribution in [2.45, 2.75) is 33.2 Å². The normalized spacial score (nSPS) is 15.0. The van der Waals surface area contributed by atoms with Gasteiger partial charge in [-0.25, -0.2) is 4.39 Å². The lowest BCUT2D eigenvalue weighted by molar-refractivity contribution is -0.117. The number of hydrogen-bond acceptors (Lipinski definition) is 1. The summed E-state index contributed by atoms with van der Waals surface area (Å²) in [5.41, 5.74) is 2.29. The molecule has 0 aliphatic carbocycles. The minimum atomic E-state index is -0.242. The van der Waals surface area contributed by atoms with Crippen LogP contribution in [0.5, 0.6) is 0 Å². The van der Waals surface area contributed by atoms with Crippen molar-refractivity contribution >= 4 is 11.6 Å². The van der Waals surface area contributed by atoms with E-state index < -0.39 is 0 Å². The SMILES string of the molecule is Cc1c(F)ccc2c1N(C(C)C)C(=O)C2. The Labute approximate surface area is 88.7 Å². The van der Waals surface area contributed by atoms with E-state index >= 15 is 0 Å². The van der Waals surface area contributed by atoms with Crippen LogP contribution in [-0.4, -0.2) is 11.9 Å². The number of amides is 1. The first-order valence-electron chi connectivity index (χ1n) is 5.12. The molecule has 1 aliphatic rings. The van der Waals surface area contributed by atoms with Crippen molar-refractivity contribution in [1.29, 1.82) is 0 Å². The summed E-state index contributed by atoms with van der Waals surface area (Å²) in [6.45, 7) is 5.61. The van der Waals surface area contributed by atoms with Crippen LogP contribution in [0.1, 0.15) is 25.0 Å². The van der Waals surface area contributed by atoms with Crippen molar-refractivity contribution in [3.05, 3.63) is 29.1 Å². The van der Waals surface area contributed by atoms with Gasteiger partial charge in [0.2, 0.25) is 5.91 Å². The third-order valence-corrected chi connectivity index (χ3v) is 2.82. The number of fused-ring (bicyclic) bond motifs is 1. The van der Waals surface area contributed by atoms with Gasteiger partial charge in [-0.15, -0.1) is 0 Å². The van der Waals surface area contributed by atoms with Gasteiger partial charge in [0.1, 0.15) is 5.82 Å². The highest BCUT2D eigenvalue weighted by atomic mass is 19.1. The number of anilines is 1. The Morgan fingerprint density at radius 2 is 2.07 bits per heavy atom. The molecule has 1 heterocycles. The molecule has 0 radical (unpaired) electrons. The smallest absolute Gasteiger partial charge is 0.231 e.